The predicted molar refractivity (Wildman–Crippen MR) is 83.7 cm³/mol. The van der Waals surface area contributed by atoms with Crippen LogP contribution in [0, 0.1) is 5.92 Å². The highest BCUT2D eigenvalue weighted by Gasteiger charge is 2.20. The van der Waals surface area contributed by atoms with Crippen LogP contribution in [-0.4, -0.2) is 39.2 Å². The van der Waals surface area contributed by atoms with Crippen molar-refractivity contribution >= 4 is 11.4 Å². The van der Waals surface area contributed by atoms with Gasteiger partial charge in [-0.15, -0.1) is 6.58 Å². The van der Waals surface area contributed by atoms with Crippen molar-refractivity contribution in [1.29, 1.82) is 0 Å². The quantitative estimate of drug-likeness (QED) is 0.770. The number of rotatable bonds is 4. The van der Waals surface area contributed by atoms with E-state index >= 15 is 0 Å². The standard InChI is InChI=1S/C16H25N3/c1-5-14-7-6-12-19(13-14)18(4)16-10-8-15(9-11-16)17(2)3/h5,8-11,14H,1,6-7,12-13H2,2-4H3. The van der Waals surface area contributed by atoms with Gasteiger partial charge in [-0.05, 0) is 43.0 Å². The lowest BCUT2D eigenvalue weighted by Crippen LogP contribution is -2.45. The van der Waals surface area contributed by atoms with E-state index in [0.29, 0.717) is 5.92 Å². The van der Waals surface area contributed by atoms with E-state index < -0.39 is 0 Å². The molecule has 3 heteroatoms. The lowest BCUT2D eigenvalue weighted by Gasteiger charge is -2.39. The van der Waals surface area contributed by atoms with Gasteiger partial charge in [0.2, 0.25) is 0 Å². The lowest BCUT2D eigenvalue weighted by molar-refractivity contribution is 0.189. The first-order valence-corrected chi connectivity index (χ1v) is 7.00. The van der Waals surface area contributed by atoms with Crippen LogP contribution in [0.1, 0.15) is 12.8 Å². The summed E-state index contributed by atoms with van der Waals surface area (Å²) in [6.45, 7) is 6.15. The van der Waals surface area contributed by atoms with Gasteiger partial charge in [0.15, 0.2) is 0 Å². The molecule has 0 spiro atoms. The topological polar surface area (TPSA) is 9.72 Å². The minimum atomic E-state index is 0.622. The lowest BCUT2D eigenvalue weighted by atomic mass is 9.99. The van der Waals surface area contributed by atoms with Gasteiger partial charge in [-0.2, -0.15) is 0 Å². The summed E-state index contributed by atoms with van der Waals surface area (Å²) in [6.07, 6.45) is 4.61. The van der Waals surface area contributed by atoms with Crippen molar-refractivity contribution in [2.75, 3.05) is 44.1 Å². The molecule has 0 aliphatic carbocycles. The molecule has 0 N–H and O–H groups in total. The Morgan fingerprint density at radius 3 is 2.37 bits per heavy atom. The van der Waals surface area contributed by atoms with E-state index in [-0.39, 0.29) is 0 Å². The van der Waals surface area contributed by atoms with E-state index in [1.54, 1.807) is 0 Å². The molecule has 3 nitrogen and oxygen atoms in total. The van der Waals surface area contributed by atoms with Crippen molar-refractivity contribution in [2.45, 2.75) is 12.8 Å². The third-order valence-corrected chi connectivity index (χ3v) is 3.93. The SMILES string of the molecule is C=CC1CCCN(N(C)c2ccc(N(C)C)cc2)C1. The van der Waals surface area contributed by atoms with Gasteiger partial charge < -0.3 is 9.91 Å². The molecule has 19 heavy (non-hydrogen) atoms. The molecule has 1 unspecified atom stereocenters. The van der Waals surface area contributed by atoms with Crippen LogP contribution in [-0.2, 0) is 0 Å². The Bertz CT molecular complexity index is 411. The van der Waals surface area contributed by atoms with Gasteiger partial charge in [0.1, 0.15) is 0 Å². The van der Waals surface area contributed by atoms with Crippen molar-refractivity contribution < 1.29 is 0 Å². The van der Waals surface area contributed by atoms with Gasteiger partial charge in [0, 0.05) is 39.9 Å². The van der Waals surface area contributed by atoms with Gasteiger partial charge >= 0.3 is 0 Å². The second kappa shape index (κ2) is 6.11. The third kappa shape index (κ3) is 3.29. The maximum atomic E-state index is 3.93. The van der Waals surface area contributed by atoms with Crippen molar-refractivity contribution in [3.63, 3.8) is 0 Å². The first-order valence-electron chi connectivity index (χ1n) is 7.00. The van der Waals surface area contributed by atoms with E-state index in [2.05, 4.69) is 73.0 Å². The number of benzene rings is 1. The molecule has 1 aliphatic rings. The minimum Gasteiger partial charge on any atom is -0.378 e. The summed E-state index contributed by atoms with van der Waals surface area (Å²) >= 11 is 0. The van der Waals surface area contributed by atoms with Crippen LogP contribution in [0.15, 0.2) is 36.9 Å². The second-order valence-electron chi connectivity index (χ2n) is 5.49. The maximum absolute atomic E-state index is 3.93. The fourth-order valence-corrected chi connectivity index (χ4v) is 2.58. The van der Waals surface area contributed by atoms with E-state index in [4.69, 9.17) is 0 Å². The highest BCUT2D eigenvalue weighted by Crippen LogP contribution is 2.24. The Kier molecular flexibility index (Phi) is 4.48. The summed E-state index contributed by atoms with van der Waals surface area (Å²) in [5, 5.41) is 4.69. The largest absolute Gasteiger partial charge is 0.378 e. The van der Waals surface area contributed by atoms with E-state index in [1.165, 1.54) is 24.2 Å². The minimum absolute atomic E-state index is 0.622. The molecule has 1 saturated heterocycles. The van der Waals surface area contributed by atoms with Gasteiger partial charge in [0.25, 0.3) is 0 Å². The fourth-order valence-electron chi connectivity index (χ4n) is 2.58. The Hall–Kier alpha value is -1.48. The molecule has 2 rings (SSSR count). The van der Waals surface area contributed by atoms with Crippen LogP contribution < -0.4 is 9.91 Å². The van der Waals surface area contributed by atoms with Crippen LogP contribution >= 0.6 is 0 Å². The Labute approximate surface area is 117 Å². The third-order valence-electron chi connectivity index (χ3n) is 3.93. The second-order valence-corrected chi connectivity index (χ2v) is 5.49. The molecule has 1 aromatic rings. The molecule has 1 heterocycles. The number of nitrogens with zero attached hydrogens (tertiary/aromatic N) is 3. The summed E-state index contributed by atoms with van der Waals surface area (Å²) in [7, 11) is 6.28. The van der Waals surface area contributed by atoms with Gasteiger partial charge in [-0.25, -0.2) is 5.01 Å². The van der Waals surface area contributed by atoms with E-state index in [9.17, 15) is 0 Å². The van der Waals surface area contributed by atoms with Crippen LogP contribution in [0.25, 0.3) is 0 Å². The van der Waals surface area contributed by atoms with Crippen molar-refractivity contribution in [3.8, 4) is 0 Å². The number of hydrazine groups is 1. The van der Waals surface area contributed by atoms with Gasteiger partial charge in [0.05, 0.1) is 5.69 Å². The Morgan fingerprint density at radius 1 is 1.16 bits per heavy atom. The monoisotopic (exact) mass is 259 g/mol. The molecular weight excluding hydrogens is 234 g/mol. The highest BCUT2D eigenvalue weighted by atomic mass is 15.6. The summed E-state index contributed by atoms with van der Waals surface area (Å²) < 4.78 is 0. The molecule has 1 atom stereocenters. The molecule has 1 aliphatic heterocycles. The van der Waals surface area contributed by atoms with Crippen LogP contribution in [0.5, 0.6) is 0 Å². The number of hydrogen-bond donors (Lipinski definition) is 0. The van der Waals surface area contributed by atoms with E-state index in [0.717, 1.165) is 13.1 Å². The zero-order valence-electron chi connectivity index (χ0n) is 12.3. The number of hydrogen-bond acceptors (Lipinski definition) is 3. The smallest absolute Gasteiger partial charge is 0.0520 e. The summed E-state index contributed by atoms with van der Waals surface area (Å²) in [6, 6.07) is 8.71. The molecule has 1 fully saturated rings. The molecule has 0 saturated carbocycles. The summed E-state index contributed by atoms with van der Waals surface area (Å²) in [5.41, 5.74) is 2.48. The first-order chi connectivity index (χ1) is 9.11. The molecule has 1 aromatic carbocycles. The van der Waals surface area contributed by atoms with E-state index in [1.807, 2.05) is 0 Å². The normalized spacial score (nSPS) is 20.1. The van der Waals surface area contributed by atoms with Crippen LogP contribution in [0.3, 0.4) is 0 Å². The van der Waals surface area contributed by atoms with Crippen LogP contribution in [0.2, 0.25) is 0 Å². The molecule has 104 valence electrons. The van der Waals surface area contributed by atoms with Crippen LogP contribution in [0.4, 0.5) is 11.4 Å². The highest BCUT2D eigenvalue weighted by molar-refractivity contribution is 5.54. The maximum Gasteiger partial charge on any atom is 0.0520 e. The number of piperidine rings is 1. The predicted octanol–water partition coefficient (Wildman–Crippen LogP) is 3.00. The average Bonchev–Trinajstić information content (AvgIpc) is 2.46. The first kappa shape index (κ1) is 13.9. The van der Waals surface area contributed by atoms with Gasteiger partial charge in [-0.1, -0.05) is 6.08 Å². The average molecular weight is 259 g/mol. The van der Waals surface area contributed by atoms with Crippen molar-refractivity contribution in [2.24, 2.45) is 5.92 Å². The molecule has 0 bridgehead atoms. The molecular formula is C16H25N3. The zero-order valence-corrected chi connectivity index (χ0v) is 12.3. The molecule has 0 aromatic heterocycles. The zero-order chi connectivity index (χ0) is 13.8. The Balaban J connectivity index is 2.06. The Morgan fingerprint density at radius 2 is 1.79 bits per heavy atom. The van der Waals surface area contributed by atoms with Crippen molar-refractivity contribution in [1.82, 2.24) is 5.01 Å². The van der Waals surface area contributed by atoms with Crippen molar-refractivity contribution in [3.05, 3.63) is 36.9 Å². The molecule has 0 amide bonds. The summed E-state index contributed by atoms with van der Waals surface area (Å²) in [4.78, 5) is 2.12. The number of anilines is 2. The molecule has 0 radical (unpaired) electrons. The summed E-state index contributed by atoms with van der Waals surface area (Å²) in [5.74, 6) is 0.622. The van der Waals surface area contributed by atoms with Gasteiger partial charge in [-0.3, -0.25) is 0 Å². The fraction of sp³-hybridized carbons (Fsp3) is 0.500.